The zero-order valence-corrected chi connectivity index (χ0v) is 12.8. The molecule has 0 aliphatic heterocycles. The van der Waals surface area contributed by atoms with Gasteiger partial charge in [-0.3, -0.25) is 4.79 Å². The number of halogens is 3. The van der Waals surface area contributed by atoms with E-state index in [4.69, 9.17) is 11.6 Å². The Morgan fingerprint density at radius 3 is 2.79 bits per heavy atom. The molecular formula is C12H12BrClFN3O. The topological polar surface area (TPSA) is 38.1 Å². The van der Waals surface area contributed by atoms with E-state index in [9.17, 15) is 9.18 Å². The monoisotopic (exact) mass is 347 g/mol. The first-order valence-corrected chi connectivity index (χ1v) is 6.87. The van der Waals surface area contributed by atoms with E-state index in [2.05, 4.69) is 20.9 Å². The zero-order chi connectivity index (χ0) is 14.2. The van der Waals surface area contributed by atoms with E-state index in [-0.39, 0.29) is 18.3 Å². The molecule has 1 aromatic carbocycles. The number of aromatic nitrogens is 2. The molecule has 0 aliphatic carbocycles. The summed E-state index contributed by atoms with van der Waals surface area (Å²) < 4.78 is 15.6. The number of carbonyl (C=O) groups excluding carboxylic acids is 1. The molecule has 0 saturated carbocycles. The van der Waals surface area contributed by atoms with Gasteiger partial charge in [-0.25, -0.2) is 9.37 Å². The lowest BCUT2D eigenvalue weighted by molar-refractivity contribution is -0.129. The predicted molar refractivity (Wildman–Crippen MR) is 75.6 cm³/mol. The van der Waals surface area contributed by atoms with Gasteiger partial charge in [0.1, 0.15) is 18.2 Å². The molecule has 0 fully saturated rings. The summed E-state index contributed by atoms with van der Waals surface area (Å²) >= 11 is 8.95. The number of benzene rings is 1. The fourth-order valence-corrected chi connectivity index (χ4v) is 2.26. The van der Waals surface area contributed by atoms with Gasteiger partial charge in [0.2, 0.25) is 5.91 Å². The standard InChI is InChI=1S/C12H12BrClFN3O/c1-17(2)12(19)6-18-10-4-8(15)7(13)3-9(10)16-11(18)5-14/h3-4H,5-6H2,1-2H3. The Balaban J connectivity index is 2.57. The lowest BCUT2D eigenvalue weighted by Crippen LogP contribution is -2.26. The predicted octanol–water partition coefficient (Wildman–Crippen LogP) is 2.76. The summed E-state index contributed by atoms with van der Waals surface area (Å²) in [4.78, 5) is 17.6. The number of fused-ring (bicyclic) bond motifs is 1. The van der Waals surface area contributed by atoms with Crippen molar-refractivity contribution in [3.63, 3.8) is 0 Å². The number of alkyl halides is 1. The van der Waals surface area contributed by atoms with Crippen LogP contribution in [0.1, 0.15) is 5.82 Å². The number of hydrogen-bond donors (Lipinski definition) is 0. The number of carbonyl (C=O) groups is 1. The summed E-state index contributed by atoms with van der Waals surface area (Å²) in [7, 11) is 3.33. The van der Waals surface area contributed by atoms with Crippen molar-refractivity contribution in [2.24, 2.45) is 0 Å². The highest BCUT2D eigenvalue weighted by Gasteiger charge is 2.16. The van der Waals surface area contributed by atoms with Crippen LogP contribution in [0.15, 0.2) is 16.6 Å². The Kier molecular flexibility index (Phi) is 4.10. The van der Waals surface area contributed by atoms with Crippen molar-refractivity contribution in [1.29, 1.82) is 0 Å². The molecule has 1 amide bonds. The fourth-order valence-electron chi connectivity index (χ4n) is 1.73. The van der Waals surface area contributed by atoms with E-state index in [0.717, 1.165) is 0 Å². The van der Waals surface area contributed by atoms with E-state index in [1.807, 2.05) is 0 Å². The average Bonchev–Trinajstić information content (AvgIpc) is 2.67. The highest BCUT2D eigenvalue weighted by atomic mass is 79.9. The molecule has 0 unspecified atom stereocenters. The first-order valence-electron chi connectivity index (χ1n) is 5.54. The normalized spacial score (nSPS) is 11.0. The van der Waals surface area contributed by atoms with Crippen LogP contribution < -0.4 is 0 Å². The van der Waals surface area contributed by atoms with E-state index < -0.39 is 5.82 Å². The van der Waals surface area contributed by atoms with Crippen LogP contribution in [0.4, 0.5) is 4.39 Å². The third kappa shape index (κ3) is 2.74. The highest BCUT2D eigenvalue weighted by molar-refractivity contribution is 9.10. The first-order chi connectivity index (χ1) is 8.93. The van der Waals surface area contributed by atoms with Crippen LogP contribution in [0.2, 0.25) is 0 Å². The average molecular weight is 349 g/mol. The van der Waals surface area contributed by atoms with Crippen molar-refractivity contribution < 1.29 is 9.18 Å². The van der Waals surface area contributed by atoms with Crippen LogP contribution in [0, 0.1) is 5.82 Å². The molecule has 7 heteroatoms. The molecule has 102 valence electrons. The van der Waals surface area contributed by atoms with Crippen molar-refractivity contribution in [3.8, 4) is 0 Å². The molecule has 0 radical (unpaired) electrons. The summed E-state index contributed by atoms with van der Waals surface area (Å²) in [5.41, 5.74) is 1.17. The summed E-state index contributed by atoms with van der Waals surface area (Å²) in [6.45, 7) is 0.0899. The maximum atomic E-state index is 13.6. The number of amides is 1. The summed E-state index contributed by atoms with van der Waals surface area (Å²) in [5.74, 6) is 0.208. The van der Waals surface area contributed by atoms with Gasteiger partial charge in [0.15, 0.2) is 0 Å². The van der Waals surface area contributed by atoms with Crippen molar-refractivity contribution >= 4 is 44.5 Å². The van der Waals surface area contributed by atoms with Gasteiger partial charge in [-0.1, -0.05) is 0 Å². The molecule has 0 N–H and O–H groups in total. The Hall–Kier alpha value is -1.14. The number of imidazole rings is 1. The second kappa shape index (κ2) is 5.46. The number of nitrogens with zero attached hydrogens (tertiary/aromatic N) is 3. The molecule has 2 rings (SSSR count). The largest absolute Gasteiger partial charge is 0.347 e. The minimum atomic E-state index is -0.396. The molecule has 19 heavy (non-hydrogen) atoms. The number of rotatable bonds is 3. The molecule has 0 aliphatic rings. The van der Waals surface area contributed by atoms with Gasteiger partial charge >= 0.3 is 0 Å². The van der Waals surface area contributed by atoms with Gasteiger partial charge in [-0.05, 0) is 22.0 Å². The minimum absolute atomic E-state index is 0.0899. The van der Waals surface area contributed by atoms with E-state index in [1.54, 1.807) is 24.7 Å². The van der Waals surface area contributed by atoms with Gasteiger partial charge in [-0.15, -0.1) is 11.6 Å². The summed E-state index contributed by atoms with van der Waals surface area (Å²) in [6, 6.07) is 2.93. The third-order valence-electron chi connectivity index (χ3n) is 2.78. The second-order valence-corrected chi connectivity index (χ2v) is 5.41. The van der Waals surface area contributed by atoms with E-state index in [0.29, 0.717) is 21.3 Å². The maximum absolute atomic E-state index is 13.6. The SMILES string of the molecule is CN(C)C(=O)Cn1c(CCl)nc2cc(Br)c(F)cc21. The quantitative estimate of drug-likeness (QED) is 0.800. The second-order valence-electron chi connectivity index (χ2n) is 4.29. The van der Waals surface area contributed by atoms with Crippen LogP contribution >= 0.6 is 27.5 Å². The van der Waals surface area contributed by atoms with Crippen LogP contribution in [0.25, 0.3) is 11.0 Å². The highest BCUT2D eigenvalue weighted by Crippen LogP contribution is 2.24. The Bertz CT molecular complexity index is 641. The van der Waals surface area contributed by atoms with Crippen molar-refractivity contribution in [3.05, 3.63) is 28.2 Å². The molecule has 0 atom stereocenters. The molecule has 1 heterocycles. The molecular weight excluding hydrogens is 337 g/mol. The Labute approximate surface area is 123 Å². The zero-order valence-electron chi connectivity index (χ0n) is 10.5. The first kappa shape index (κ1) is 14.3. The molecule has 0 saturated heterocycles. The molecule has 1 aromatic heterocycles. The molecule has 4 nitrogen and oxygen atoms in total. The van der Waals surface area contributed by atoms with Gasteiger partial charge in [-0.2, -0.15) is 0 Å². The van der Waals surface area contributed by atoms with Crippen LogP contribution in [-0.4, -0.2) is 34.5 Å². The van der Waals surface area contributed by atoms with E-state index in [1.165, 1.54) is 11.0 Å². The van der Waals surface area contributed by atoms with Gasteiger partial charge in [0, 0.05) is 20.2 Å². The van der Waals surface area contributed by atoms with Crippen LogP contribution in [0.5, 0.6) is 0 Å². The summed E-state index contributed by atoms with van der Waals surface area (Å²) in [6.07, 6.45) is 0. The van der Waals surface area contributed by atoms with Gasteiger partial charge in [0.25, 0.3) is 0 Å². The van der Waals surface area contributed by atoms with Crippen LogP contribution in [-0.2, 0) is 17.2 Å². The lowest BCUT2D eigenvalue weighted by Gasteiger charge is -2.12. The van der Waals surface area contributed by atoms with Gasteiger partial charge < -0.3 is 9.47 Å². The number of hydrogen-bond acceptors (Lipinski definition) is 2. The lowest BCUT2D eigenvalue weighted by atomic mass is 10.3. The number of likely N-dealkylation sites (N-methyl/N-ethyl adjacent to an activating group) is 1. The Morgan fingerprint density at radius 1 is 1.53 bits per heavy atom. The van der Waals surface area contributed by atoms with Crippen molar-refractivity contribution in [2.75, 3.05) is 14.1 Å². The Morgan fingerprint density at radius 2 is 2.21 bits per heavy atom. The van der Waals surface area contributed by atoms with Crippen LogP contribution in [0.3, 0.4) is 0 Å². The minimum Gasteiger partial charge on any atom is -0.347 e. The molecule has 2 aromatic rings. The van der Waals surface area contributed by atoms with Crippen molar-refractivity contribution in [2.45, 2.75) is 12.4 Å². The maximum Gasteiger partial charge on any atom is 0.242 e. The van der Waals surface area contributed by atoms with E-state index >= 15 is 0 Å². The third-order valence-corrected chi connectivity index (χ3v) is 3.63. The smallest absolute Gasteiger partial charge is 0.242 e. The molecule has 0 bridgehead atoms. The molecule has 0 spiro atoms. The summed E-state index contributed by atoms with van der Waals surface area (Å²) in [5, 5.41) is 0. The van der Waals surface area contributed by atoms with Gasteiger partial charge in [0.05, 0.1) is 21.4 Å². The van der Waals surface area contributed by atoms with Crippen molar-refractivity contribution in [1.82, 2.24) is 14.5 Å². The fraction of sp³-hybridized carbons (Fsp3) is 0.333.